The minimum absolute atomic E-state index is 0.00740. The lowest BCUT2D eigenvalue weighted by atomic mass is 10.0. The number of benzene rings is 1. The van der Waals surface area contributed by atoms with Crippen LogP contribution in [0.2, 0.25) is 0 Å². The maximum absolute atomic E-state index is 12.8. The van der Waals surface area contributed by atoms with Crippen LogP contribution in [0.3, 0.4) is 0 Å². The van der Waals surface area contributed by atoms with Gasteiger partial charge in [-0.05, 0) is 38.2 Å². The van der Waals surface area contributed by atoms with Crippen molar-refractivity contribution < 1.29 is 9.59 Å². The Balaban J connectivity index is 1.68. The molecule has 2 aliphatic rings. The van der Waals surface area contributed by atoms with E-state index in [1.165, 1.54) is 0 Å². The lowest BCUT2D eigenvalue weighted by molar-refractivity contribution is -0.144. The second-order valence-corrected chi connectivity index (χ2v) is 6.13. The Kier molecular flexibility index (Phi) is 3.70. The minimum Gasteiger partial charge on any atom is -0.352 e. The average Bonchev–Trinajstić information content (AvgIpc) is 3.38. The van der Waals surface area contributed by atoms with Gasteiger partial charge in [0.2, 0.25) is 11.8 Å². The molecule has 0 aliphatic heterocycles. The fraction of sp³-hybridized carbons (Fsp3) is 0.529. The number of carbonyl (C=O) groups is 2. The summed E-state index contributed by atoms with van der Waals surface area (Å²) in [6, 6.07) is 10.2. The molecular formula is C17H22N2O2. The molecule has 1 N–H and O–H groups in total. The molecule has 2 aliphatic carbocycles. The van der Waals surface area contributed by atoms with Crippen molar-refractivity contribution >= 4 is 11.8 Å². The van der Waals surface area contributed by atoms with Crippen LogP contribution < -0.4 is 5.32 Å². The van der Waals surface area contributed by atoms with E-state index in [9.17, 15) is 9.59 Å². The van der Waals surface area contributed by atoms with Crippen molar-refractivity contribution in [2.75, 3.05) is 6.54 Å². The summed E-state index contributed by atoms with van der Waals surface area (Å²) in [7, 11) is 0. The van der Waals surface area contributed by atoms with E-state index in [-0.39, 0.29) is 11.8 Å². The van der Waals surface area contributed by atoms with Crippen LogP contribution in [0, 0.1) is 5.41 Å². The Labute approximate surface area is 125 Å². The molecule has 4 heteroatoms. The van der Waals surface area contributed by atoms with Crippen molar-refractivity contribution in [1.82, 2.24) is 10.2 Å². The fourth-order valence-corrected chi connectivity index (χ4v) is 2.65. The molecule has 0 radical (unpaired) electrons. The van der Waals surface area contributed by atoms with E-state index < -0.39 is 5.41 Å². The van der Waals surface area contributed by atoms with Crippen molar-refractivity contribution in [3.63, 3.8) is 0 Å². The van der Waals surface area contributed by atoms with Crippen LogP contribution >= 0.6 is 0 Å². The predicted octanol–water partition coefficient (Wildman–Crippen LogP) is 2.09. The molecule has 112 valence electrons. The quantitative estimate of drug-likeness (QED) is 0.814. The normalized spacial score (nSPS) is 18.9. The largest absolute Gasteiger partial charge is 0.352 e. The van der Waals surface area contributed by atoms with Gasteiger partial charge < -0.3 is 10.2 Å². The van der Waals surface area contributed by atoms with E-state index in [2.05, 4.69) is 5.32 Å². The van der Waals surface area contributed by atoms with Crippen LogP contribution in [-0.4, -0.2) is 29.3 Å². The Bertz CT molecular complexity index is 533. The Morgan fingerprint density at radius 3 is 2.43 bits per heavy atom. The molecule has 3 rings (SSSR count). The highest BCUT2D eigenvalue weighted by molar-refractivity contribution is 6.08. The van der Waals surface area contributed by atoms with E-state index in [0.717, 1.165) is 18.4 Å². The van der Waals surface area contributed by atoms with Crippen LogP contribution in [0.15, 0.2) is 30.3 Å². The number of hydrogen-bond acceptors (Lipinski definition) is 2. The molecule has 2 saturated carbocycles. The van der Waals surface area contributed by atoms with Crippen LogP contribution in [0.1, 0.15) is 38.2 Å². The fourth-order valence-electron chi connectivity index (χ4n) is 2.65. The second kappa shape index (κ2) is 5.51. The third-order valence-corrected chi connectivity index (χ3v) is 4.39. The van der Waals surface area contributed by atoms with Gasteiger partial charge in [0.25, 0.3) is 0 Å². The van der Waals surface area contributed by atoms with Crippen LogP contribution in [0.4, 0.5) is 0 Å². The molecule has 0 heterocycles. The first-order valence-corrected chi connectivity index (χ1v) is 7.80. The van der Waals surface area contributed by atoms with Crippen LogP contribution in [0.25, 0.3) is 0 Å². The van der Waals surface area contributed by atoms with Gasteiger partial charge in [-0.3, -0.25) is 9.59 Å². The zero-order chi connectivity index (χ0) is 14.9. The van der Waals surface area contributed by atoms with Gasteiger partial charge in [-0.25, -0.2) is 0 Å². The van der Waals surface area contributed by atoms with Gasteiger partial charge in [-0.1, -0.05) is 30.3 Å². The summed E-state index contributed by atoms with van der Waals surface area (Å²) in [6.07, 6.45) is 3.49. The van der Waals surface area contributed by atoms with E-state index in [1.807, 2.05) is 37.3 Å². The third-order valence-electron chi connectivity index (χ3n) is 4.39. The minimum atomic E-state index is -0.770. The molecule has 0 bridgehead atoms. The highest BCUT2D eigenvalue weighted by atomic mass is 16.2. The van der Waals surface area contributed by atoms with Crippen molar-refractivity contribution in [3.8, 4) is 0 Å². The van der Waals surface area contributed by atoms with Gasteiger partial charge in [0, 0.05) is 19.1 Å². The molecular weight excluding hydrogens is 264 g/mol. The van der Waals surface area contributed by atoms with E-state index in [0.29, 0.717) is 32.0 Å². The first kappa shape index (κ1) is 14.1. The van der Waals surface area contributed by atoms with Gasteiger partial charge in [0.15, 0.2) is 0 Å². The first-order chi connectivity index (χ1) is 10.2. The van der Waals surface area contributed by atoms with E-state index in [4.69, 9.17) is 0 Å². The SMILES string of the molecule is CCN(Cc1ccccc1)C(=O)C1(C(=O)NC2CC2)CC1. The monoisotopic (exact) mass is 286 g/mol. The zero-order valence-electron chi connectivity index (χ0n) is 12.5. The Morgan fingerprint density at radius 2 is 1.90 bits per heavy atom. The van der Waals surface area contributed by atoms with E-state index >= 15 is 0 Å². The van der Waals surface area contributed by atoms with Gasteiger partial charge in [-0.2, -0.15) is 0 Å². The summed E-state index contributed by atoms with van der Waals surface area (Å²) >= 11 is 0. The van der Waals surface area contributed by atoms with Crippen molar-refractivity contribution in [2.45, 2.75) is 45.2 Å². The predicted molar refractivity (Wildman–Crippen MR) is 80.4 cm³/mol. The average molecular weight is 286 g/mol. The number of rotatable bonds is 6. The molecule has 0 spiro atoms. The van der Waals surface area contributed by atoms with Crippen molar-refractivity contribution in [3.05, 3.63) is 35.9 Å². The van der Waals surface area contributed by atoms with Gasteiger partial charge in [-0.15, -0.1) is 0 Å². The zero-order valence-corrected chi connectivity index (χ0v) is 12.5. The molecule has 0 unspecified atom stereocenters. The molecule has 2 fully saturated rings. The first-order valence-electron chi connectivity index (χ1n) is 7.80. The highest BCUT2D eigenvalue weighted by Crippen LogP contribution is 2.48. The number of nitrogens with one attached hydrogen (secondary N) is 1. The van der Waals surface area contributed by atoms with Crippen LogP contribution in [0.5, 0.6) is 0 Å². The second-order valence-electron chi connectivity index (χ2n) is 6.13. The molecule has 0 saturated heterocycles. The standard InChI is InChI=1S/C17H22N2O2/c1-2-19(12-13-6-4-3-5-7-13)16(21)17(10-11-17)15(20)18-14-8-9-14/h3-7,14H,2,8-12H2,1H3,(H,18,20). The van der Waals surface area contributed by atoms with Gasteiger partial charge in [0.1, 0.15) is 5.41 Å². The lowest BCUT2D eigenvalue weighted by Crippen LogP contribution is -2.45. The third kappa shape index (κ3) is 2.94. The lowest BCUT2D eigenvalue weighted by Gasteiger charge is -2.26. The highest BCUT2D eigenvalue weighted by Gasteiger charge is 2.58. The maximum Gasteiger partial charge on any atom is 0.238 e. The topological polar surface area (TPSA) is 49.4 Å². The summed E-state index contributed by atoms with van der Waals surface area (Å²) < 4.78 is 0. The summed E-state index contributed by atoms with van der Waals surface area (Å²) in [6.45, 7) is 3.18. The summed E-state index contributed by atoms with van der Waals surface area (Å²) in [5.74, 6) is -0.0616. The molecule has 21 heavy (non-hydrogen) atoms. The molecule has 0 aromatic heterocycles. The Morgan fingerprint density at radius 1 is 1.24 bits per heavy atom. The van der Waals surface area contributed by atoms with Crippen LogP contribution in [-0.2, 0) is 16.1 Å². The molecule has 1 aromatic rings. The number of amides is 2. The van der Waals surface area contributed by atoms with Crippen molar-refractivity contribution in [2.24, 2.45) is 5.41 Å². The van der Waals surface area contributed by atoms with Crippen molar-refractivity contribution in [1.29, 1.82) is 0 Å². The van der Waals surface area contributed by atoms with E-state index in [1.54, 1.807) is 4.90 Å². The number of hydrogen-bond donors (Lipinski definition) is 1. The molecule has 4 nitrogen and oxygen atoms in total. The summed E-state index contributed by atoms with van der Waals surface area (Å²) in [5.41, 5.74) is 0.332. The number of nitrogens with zero attached hydrogens (tertiary/aromatic N) is 1. The molecule has 0 atom stereocenters. The van der Waals surface area contributed by atoms with Gasteiger partial charge >= 0.3 is 0 Å². The Hall–Kier alpha value is -1.84. The smallest absolute Gasteiger partial charge is 0.238 e. The number of carbonyl (C=O) groups excluding carboxylic acids is 2. The molecule has 2 amide bonds. The maximum atomic E-state index is 12.8. The molecule has 1 aromatic carbocycles. The summed E-state index contributed by atoms with van der Waals surface area (Å²) in [4.78, 5) is 26.9. The van der Waals surface area contributed by atoms with Gasteiger partial charge in [0.05, 0.1) is 0 Å². The summed E-state index contributed by atoms with van der Waals surface area (Å²) in [5, 5.41) is 2.99.